The van der Waals surface area contributed by atoms with Crippen LogP contribution in [-0.4, -0.2) is 48.8 Å². The predicted molar refractivity (Wildman–Crippen MR) is 79.0 cm³/mol. The minimum Gasteiger partial charge on any atom is -0.382 e. The molecule has 0 bridgehead atoms. The van der Waals surface area contributed by atoms with E-state index in [4.69, 9.17) is 33.7 Å². The van der Waals surface area contributed by atoms with Crippen molar-refractivity contribution in [2.45, 2.75) is 13.0 Å². The zero-order valence-corrected chi connectivity index (χ0v) is 12.3. The number of pyridine rings is 1. The smallest absolute Gasteiger partial charge is 0.147 e. The Morgan fingerprint density at radius 1 is 1.42 bits per heavy atom. The molecule has 1 unspecified atom stereocenters. The molecule has 0 aromatic carbocycles. The lowest BCUT2D eigenvalue weighted by molar-refractivity contribution is 0.0368. The molecule has 1 fully saturated rings. The van der Waals surface area contributed by atoms with E-state index in [0.29, 0.717) is 15.9 Å². The van der Waals surface area contributed by atoms with Crippen LogP contribution in [-0.2, 0) is 4.74 Å². The molecule has 1 aliphatic rings. The number of halogens is 2. The van der Waals surface area contributed by atoms with Crippen LogP contribution < -0.4 is 11.1 Å². The van der Waals surface area contributed by atoms with E-state index in [2.05, 4.69) is 22.1 Å². The fourth-order valence-corrected chi connectivity index (χ4v) is 2.45. The van der Waals surface area contributed by atoms with Crippen LogP contribution in [0.15, 0.2) is 6.07 Å². The zero-order chi connectivity index (χ0) is 13.8. The first-order valence-electron chi connectivity index (χ1n) is 6.24. The van der Waals surface area contributed by atoms with Crippen LogP contribution in [0, 0.1) is 0 Å². The van der Waals surface area contributed by atoms with E-state index in [1.807, 2.05) is 0 Å². The standard InChI is InChI=1S/C12H18Cl2N4O/c1-8(7-18-2-4-19-5-3-18)16-12-10(14)6-9(13)11(15)17-12/h6,8H,2-5,7H2,1H3,(H3,15,16,17). The molecule has 2 heterocycles. The van der Waals surface area contributed by atoms with Crippen LogP contribution in [0.2, 0.25) is 10.0 Å². The second-order valence-electron chi connectivity index (χ2n) is 4.64. The molecule has 1 aliphatic heterocycles. The lowest BCUT2D eigenvalue weighted by Gasteiger charge is -2.29. The van der Waals surface area contributed by atoms with Gasteiger partial charge in [-0.05, 0) is 13.0 Å². The van der Waals surface area contributed by atoms with E-state index in [-0.39, 0.29) is 11.9 Å². The Labute approximate surface area is 123 Å². The Hall–Kier alpha value is -0.750. The number of ether oxygens (including phenoxy) is 1. The molecular formula is C12H18Cl2N4O. The van der Waals surface area contributed by atoms with Crippen molar-refractivity contribution in [3.63, 3.8) is 0 Å². The number of anilines is 2. The van der Waals surface area contributed by atoms with Gasteiger partial charge in [0.25, 0.3) is 0 Å². The minimum absolute atomic E-state index is 0.212. The van der Waals surface area contributed by atoms with E-state index in [0.717, 1.165) is 32.8 Å². The first kappa shape index (κ1) is 14.7. The van der Waals surface area contributed by atoms with Crippen LogP contribution in [0.1, 0.15) is 6.92 Å². The number of nitrogen functional groups attached to an aromatic ring is 1. The molecule has 3 N–H and O–H groups in total. The normalized spacial score (nSPS) is 18.3. The maximum atomic E-state index is 6.09. The topological polar surface area (TPSA) is 63.4 Å². The summed E-state index contributed by atoms with van der Waals surface area (Å²) in [4.78, 5) is 6.51. The lowest BCUT2D eigenvalue weighted by atomic mass is 10.3. The Bertz CT molecular complexity index is 438. The van der Waals surface area contributed by atoms with Crippen molar-refractivity contribution in [2.24, 2.45) is 0 Å². The zero-order valence-electron chi connectivity index (χ0n) is 10.8. The Kier molecular flexibility index (Phi) is 5.10. The second kappa shape index (κ2) is 6.61. The average Bonchev–Trinajstić information content (AvgIpc) is 2.37. The molecule has 19 heavy (non-hydrogen) atoms. The summed E-state index contributed by atoms with van der Waals surface area (Å²) in [6.07, 6.45) is 0. The van der Waals surface area contributed by atoms with Gasteiger partial charge in [-0.25, -0.2) is 4.98 Å². The van der Waals surface area contributed by atoms with E-state index in [1.54, 1.807) is 6.07 Å². The maximum absolute atomic E-state index is 6.09. The quantitative estimate of drug-likeness (QED) is 0.892. The summed E-state index contributed by atoms with van der Waals surface area (Å²) in [5, 5.41) is 4.11. The van der Waals surface area contributed by atoms with Gasteiger partial charge in [-0.3, -0.25) is 4.90 Å². The number of nitrogens with zero attached hydrogens (tertiary/aromatic N) is 2. The van der Waals surface area contributed by atoms with Gasteiger partial charge in [-0.2, -0.15) is 0 Å². The third-order valence-electron chi connectivity index (χ3n) is 2.98. The molecule has 7 heteroatoms. The molecule has 0 spiro atoms. The van der Waals surface area contributed by atoms with Crippen LogP contribution >= 0.6 is 23.2 Å². The molecule has 1 atom stereocenters. The van der Waals surface area contributed by atoms with Gasteiger partial charge in [0.15, 0.2) is 0 Å². The predicted octanol–water partition coefficient (Wildman–Crippen LogP) is 2.10. The highest BCUT2D eigenvalue weighted by Crippen LogP contribution is 2.27. The van der Waals surface area contributed by atoms with Crippen molar-refractivity contribution in [3.05, 3.63) is 16.1 Å². The van der Waals surface area contributed by atoms with Crippen molar-refractivity contribution in [3.8, 4) is 0 Å². The SMILES string of the molecule is CC(CN1CCOCC1)Nc1nc(N)c(Cl)cc1Cl. The minimum atomic E-state index is 0.212. The molecule has 0 aliphatic carbocycles. The van der Waals surface area contributed by atoms with E-state index >= 15 is 0 Å². The number of hydrogen-bond acceptors (Lipinski definition) is 5. The molecule has 0 saturated carbocycles. The number of rotatable bonds is 4. The summed E-state index contributed by atoms with van der Waals surface area (Å²) in [6, 6.07) is 1.82. The van der Waals surface area contributed by atoms with Crippen LogP contribution in [0.4, 0.5) is 11.6 Å². The van der Waals surface area contributed by atoms with Crippen molar-refractivity contribution in [1.29, 1.82) is 0 Å². The number of nitrogens with one attached hydrogen (secondary N) is 1. The van der Waals surface area contributed by atoms with Crippen molar-refractivity contribution >= 4 is 34.8 Å². The summed E-state index contributed by atoms with van der Waals surface area (Å²) in [6.45, 7) is 6.48. The number of nitrogens with two attached hydrogens (primary N) is 1. The molecule has 1 aromatic rings. The van der Waals surface area contributed by atoms with Crippen LogP contribution in [0.5, 0.6) is 0 Å². The van der Waals surface area contributed by atoms with Gasteiger partial charge >= 0.3 is 0 Å². The monoisotopic (exact) mass is 304 g/mol. The molecule has 106 valence electrons. The van der Waals surface area contributed by atoms with Gasteiger partial charge < -0.3 is 15.8 Å². The molecule has 5 nitrogen and oxygen atoms in total. The first-order valence-corrected chi connectivity index (χ1v) is 7.00. The van der Waals surface area contributed by atoms with E-state index in [1.165, 1.54) is 0 Å². The number of hydrogen-bond donors (Lipinski definition) is 2. The largest absolute Gasteiger partial charge is 0.382 e. The van der Waals surface area contributed by atoms with Gasteiger partial charge in [0, 0.05) is 25.7 Å². The summed E-state index contributed by atoms with van der Waals surface area (Å²) in [5.41, 5.74) is 5.68. The summed E-state index contributed by atoms with van der Waals surface area (Å²) in [5.74, 6) is 0.858. The summed E-state index contributed by atoms with van der Waals surface area (Å²) in [7, 11) is 0. The average molecular weight is 305 g/mol. The van der Waals surface area contributed by atoms with Gasteiger partial charge in [0.05, 0.1) is 23.3 Å². The fourth-order valence-electron chi connectivity index (χ4n) is 2.03. The van der Waals surface area contributed by atoms with E-state index in [9.17, 15) is 0 Å². The lowest BCUT2D eigenvalue weighted by Crippen LogP contribution is -2.42. The first-order chi connectivity index (χ1) is 9.06. The molecular weight excluding hydrogens is 287 g/mol. The highest BCUT2D eigenvalue weighted by atomic mass is 35.5. The van der Waals surface area contributed by atoms with Crippen molar-refractivity contribution in [2.75, 3.05) is 43.9 Å². The van der Waals surface area contributed by atoms with Gasteiger partial charge in [0.1, 0.15) is 11.6 Å². The third kappa shape index (κ3) is 4.11. The molecule has 0 amide bonds. The van der Waals surface area contributed by atoms with Crippen LogP contribution in [0.3, 0.4) is 0 Å². The Morgan fingerprint density at radius 3 is 2.79 bits per heavy atom. The summed E-state index contributed by atoms with van der Waals surface area (Å²) < 4.78 is 5.32. The number of morpholine rings is 1. The maximum Gasteiger partial charge on any atom is 0.147 e. The van der Waals surface area contributed by atoms with Crippen molar-refractivity contribution < 1.29 is 4.74 Å². The highest BCUT2D eigenvalue weighted by Gasteiger charge is 2.15. The van der Waals surface area contributed by atoms with E-state index < -0.39 is 0 Å². The molecule has 1 saturated heterocycles. The fraction of sp³-hybridized carbons (Fsp3) is 0.583. The highest BCUT2D eigenvalue weighted by molar-refractivity contribution is 6.37. The van der Waals surface area contributed by atoms with Gasteiger partial charge in [-0.1, -0.05) is 23.2 Å². The summed E-state index contributed by atoms with van der Waals surface area (Å²) >= 11 is 11.9. The molecule has 1 aromatic heterocycles. The Morgan fingerprint density at radius 2 is 2.11 bits per heavy atom. The van der Waals surface area contributed by atoms with Crippen molar-refractivity contribution in [1.82, 2.24) is 9.88 Å². The third-order valence-corrected chi connectivity index (χ3v) is 3.57. The molecule has 2 rings (SSSR count). The van der Waals surface area contributed by atoms with Crippen LogP contribution in [0.25, 0.3) is 0 Å². The number of aromatic nitrogens is 1. The van der Waals surface area contributed by atoms with Gasteiger partial charge in [-0.15, -0.1) is 0 Å². The van der Waals surface area contributed by atoms with Gasteiger partial charge in [0.2, 0.25) is 0 Å². The second-order valence-corrected chi connectivity index (χ2v) is 5.46. The Balaban J connectivity index is 1.94. The molecule has 0 radical (unpaired) electrons.